The molecular formula is C15H32N4O. The van der Waals surface area contributed by atoms with Crippen LogP contribution in [0.2, 0.25) is 0 Å². The Labute approximate surface area is 124 Å². The second-order valence-electron chi connectivity index (χ2n) is 6.26. The molecule has 2 N–H and O–H groups in total. The number of carbonyl (C=O) groups is 1. The maximum atomic E-state index is 11.9. The second-order valence-corrected chi connectivity index (χ2v) is 6.26. The van der Waals surface area contributed by atoms with Gasteiger partial charge >= 0.3 is 0 Å². The summed E-state index contributed by atoms with van der Waals surface area (Å²) in [4.78, 5) is 18.0. The monoisotopic (exact) mass is 284 g/mol. The lowest BCUT2D eigenvalue weighted by Crippen LogP contribution is -2.49. The van der Waals surface area contributed by atoms with Crippen molar-refractivity contribution in [3.8, 4) is 0 Å². The molecule has 118 valence electrons. The van der Waals surface area contributed by atoms with Crippen LogP contribution in [0.15, 0.2) is 4.99 Å². The van der Waals surface area contributed by atoms with Crippen molar-refractivity contribution in [3.63, 3.8) is 0 Å². The molecule has 0 aromatic rings. The largest absolute Gasteiger partial charge is 0.356 e. The Hall–Kier alpha value is -1.26. The second kappa shape index (κ2) is 8.82. The average molecular weight is 284 g/mol. The highest BCUT2D eigenvalue weighted by Crippen LogP contribution is 2.05. The Kier molecular flexibility index (Phi) is 8.26. The molecule has 5 heteroatoms. The molecule has 5 nitrogen and oxygen atoms in total. The molecule has 0 aliphatic carbocycles. The van der Waals surface area contributed by atoms with E-state index in [4.69, 9.17) is 0 Å². The van der Waals surface area contributed by atoms with E-state index in [0.717, 1.165) is 25.3 Å². The van der Waals surface area contributed by atoms with E-state index in [1.165, 1.54) is 0 Å². The molecule has 0 aromatic heterocycles. The summed E-state index contributed by atoms with van der Waals surface area (Å²) < 4.78 is 0. The molecule has 0 bridgehead atoms. The highest BCUT2D eigenvalue weighted by molar-refractivity contribution is 5.86. The predicted octanol–water partition coefficient (Wildman–Crippen LogP) is 1.84. The fraction of sp³-hybridized carbons (Fsp3) is 0.867. The number of nitrogens with zero attached hydrogens (tertiary/aromatic N) is 2. The maximum absolute atomic E-state index is 11.9. The first kappa shape index (κ1) is 18.7. The van der Waals surface area contributed by atoms with Crippen molar-refractivity contribution in [2.75, 3.05) is 27.2 Å². The molecule has 0 heterocycles. The van der Waals surface area contributed by atoms with E-state index >= 15 is 0 Å². The number of likely N-dealkylation sites (N-methyl/N-ethyl adjacent to an activating group) is 1. The highest BCUT2D eigenvalue weighted by Gasteiger charge is 2.17. The van der Waals surface area contributed by atoms with Gasteiger partial charge in [0.05, 0.1) is 6.54 Å². The third kappa shape index (κ3) is 8.02. The molecule has 0 unspecified atom stereocenters. The molecule has 0 aromatic carbocycles. The molecule has 0 aliphatic rings. The number of hydrogen-bond donors (Lipinski definition) is 2. The van der Waals surface area contributed by atoms with E-state index in [1.807, 2.05) is 32.7 Å². The van der Waals surface area contributed by atoms with E-state index in [-0.39, 0.29) is 11.4 Å². The smallest absolute Gasteiger partial charge is 0.240 e. The molecule has 0 radical (unpaired) electrons. The van der Waals surface area contributed by atoms with Crippen LogP contribution in [0.3, 0.4) is 0 Å². The summed E-state index contributed by atoms with van der Waals surface area (Å²) in [6.07, 6.45) is 2.30. The third-order valence-electron chi connectivity index (χ3n) is 3.17. The van der Waals surface area contributed by atoms with Gasteiger partial charge in [-0.1, -0.05) is 26.7 Å². The van der Waals surface area contributed by atoms with Crippen molar-refractivity contribution in [1.82, 2.24) is 15.5 Å². The van der Waals surface area contributed by atoms with Crippen molar-refractivity contribution >= 4 is 11.9 Å². The van der Waals surface area contributed by atoms with Crippen LogP contribution < -0.4 is 10.6 Å². The van der Waals surface area contributed by atoms with Gasteiger partial charge in [0.1, 0.15) is 0 Å². The fourth-order valence-electron chi connectivity index (χ4n) is 1.95. The quantitative estimate of drug-likeness (QED) is 0.578. The van der Waals surface area contributed by atoms with E-state index < -0.39 is 0 Å². The minimum Gasteiger partial charge on any atom is -0.356 e. The van der Waals surface area contributed by atoms with E-state index in [1.54, 1.807) is 7.05 Å². The first-order chi connectivity index (χ1) is 9.23. The van der Waals surface area contributed by atoms with Crippen LogP contribution in [0.5, 0.6) is 0 Å². The summed E-state index contributed by atoms with van der Waals surface area (Å²) >= 11 is 0. The third-order valence-corrected chi connectivity index (χ3v) is 3.17. The summed E-state index contributed by atoms with van der Waals surface area (Å²) in [5.41, 5.74) is -0.204. The minimum absolute atomic E-state index is 0.00508. The Balaban J connectivity index is 4.35. The lowest BCUT2D eigenvalue weighted by Gasteiger charge is -2.26. The summed E-state index contributed by atoms with van der Waals surface area (Å²) in [7, 11) is 3.62. The number of hydrogen-bond acceptors (Lipinski definition) is 2. The number of amides is 1. The summed E-state index contributed by atoms with van der Waals surface area (Å²) in [5.74, 6) is 1.41. The van der Waals surface area contributed by atoms with Gasteiger partial charge in [0.2, 0.25) is 5.91 Å². The van der Waals surface area contributed by atoms with Crippen molar-refractivity contribution in [2.45, 2.75) is 53.0 Å². The number of aliphatic imine (C=N–C) groups is 1. The van der Waals surface area contributed by atoms with Gasteiger partial charge in [-0.05, 0) is 26.7 Å². The summed E-state index contributed by atoms with van der Waals surface area (Å²) in [6, 6.07) is 0. The van der Waals surface area contributed by atoms with E-state index in [2.05, 4.69) is 29.5 Å². The van der Waals surface area contributed by atoms with Crippen molar-refractivity contribution in [3.05, 3.63) is 0 Å². The van der Waals surface area contributed by atoms with Crippen LogP contribution in [0, 0.1) is 5.92 Å². The van der Waals surface area contributed by atoms with Gasteiger partial charge in [-0.2, -0.15) is 0 Å². The Morgan fingerprint density at radius 1 is 1.25 bits per heavy atom. The highest BCUT2D eigenvalue weighted by atomic mass is 16.2. The zero-order valence-corrected chi connectivity index (χ0v) is 14.2. The van der Waals surface area contributed by atoms with Gasteiger partial charge in [0, 0.05) is 26.2 Å². The topological polar surface area (TPSA) is 56.7 Å². The lowest BCUT2D eigenvalue weighted by molar-refractivity contribution is -0.122. The average Bonchev–Trinajstić information content (AvgIpc) is 2.32. The number of guanidine groups is 1. The number of carbonyl (C=O) groups excluding carboxylic acids is 1. The SMILES string of the molecule is CCC(CC)CNC(=NC)N(C)CC(=O)NC(C)(C)C. The van der Waals surface area contributed by atoms with Crippen LogP contribution in [0.4, 0.5) is 0 Å². The number of nitrogens with one attached hydrogen (secondary N) is 2. The summed E-state index contributed by atoms with van der Waals surface area (Å²) in [6.45, 7) is 11.5. The van der Waals surface area contributed by atoms with Crippen LogP contribution in [-0.2, 0) is 4.79 Å². The standard InChI is InChI=1S/C15H32N4O/c1-8-12(9-2)10-17-14(16-6)19(7)11-13(20)18-15(3,4)5/h12H,8-11H2,1-7H3,(H,16,17)(H,18,20). The molecule has 1 amide bonds. The van der Waals surface area contributed by atoms with Gasteiger partial charge in [-0.25, -0.2) is 0 Å². The molecule has 0 spiro atoms. The molecule has 0 fully saturated rings. The molecule has 0 saturated carbocycles. The Bertz CT molecular complexity index is 316. The first-order valence-corrected chi connectivity index (χ1v) is 7.46. The molecule has 0 atom stereocenters. The van der Waals surface area contributed by atoms with Gasteiger partial charge in [0.25, 0.3) is 0 Å². The predicted molar refractivity (Wildman–Crippen MR) is 86.0 cm³/mol. The lowest BCUT2D eigenvalue weighted by atomic mass is 10.0. The number of rotatable bonds is 6. The van der Waals surface area contributed by atoms with Gasteiger partial charge in [-0.15, -0.1) is 0 Å². The fourth-order valence-corrected chi connectivity index (χ4v) is 1.95. The van der Waals surface area contributed by atoms with Crippen molar-refractivity contribution in [2.24, 2.45) is 10.9 Å². The maximum Gasteiger partial charge on any atom is 0.240 e. The van der Waals surface area contributed by atoms with Crippen LogP contribution in [-0.4, -0.2) is 49.5 Å². The Morgan fingerprint density at radius 3 is 2.20 bits per heavy atom. The molecular weight excluding hydrogens is 252 g/mol. The zero-order chi connectivity index (χ0) is 15.8. The minimum atomic E-state index is -0.204. The van der Waals surface area contributed by atoms with E-state index in [9.17, 15) is 4.79 Å². The molecule has 0 saturated heterocycles. The normalized spacial score (nSPS) is 12.5. The zero-order valence-electron chi connectivity index (χ0n) is 14.2. The van der Waals surface area contributed by atoms with Crippen LogP contribution in [0.25, 0.3) is 0 Å². The first-order valence-electron chi connectivity index (χ1n) is 7.46. The molecule has 0 rings (SSSR count). The Morgan fingerprint density at radius 2 is 1.80 bits per heavy atom. The molecule has 0 aliphatic heterocycles. The van der Waals surface area contributed by atoms with Crippen molar-refractivity contribution in [1.29, 1.82) is 0 Å². The van der Waals surface area contributed by atoms with Gasteiger partial charge in [-0.3, -0.25) is 9.79 Å². The van der Waals surface area contributed by atoms with Crippen molar-refractivity contribution < 1.29 is 4.79 Å². The summed E-state index contributed by atoms with van der Waals surface area (Å²) in [5, 5.41) is 6.29. The van der Waals surface area contributed by atoms with Gasteiger partial charge < -0.3 is 15.5 Å². The van der Waals surface area contributed by atoms with E-state index in [0.29, 0.717) is 12.5 Å². The van der Waals surface area contributed by atoms with Crippen LogP contribution in [0.1, 0.15) is 47.5 Å². The molecule has 20 heavy (non-hydrogen) atoms. The van der Waals surface area contributed by atoms with Crippen LogP contribution >= 0.6 is 0 Å². The van der Waals surface area contributed by atoms with Gasteiger partial charge in [0.15, 0.2) is 5.96 Å².